The van der Waals surface area contributed by atoms with E-state index in [1.165, 1.54) is 42.6 Å². The number of hydrogen-bond acceptors (Lipinski definition) is 7. The number of halogens is 1. The standard InChI is InChI=1S/C21H19ClN4O5S/c1-2-31-20-6-4-3-5-15(20)14-23-24-19-12-11-18(26(27)28)13-21(19)32(29,30)25-17-9-7-16(22)8-10-17/h3-14,24-25H,2H2,1H3/b23-14+. The molecule has 3 aromatic carbocycles. The van der Waals surface area contributed by atoms with Crippen molar-refractivity contribution in [3.63, 3.8) is 0 Å². The first-order valence-corrected chi connectivity index (χ1v) is 11.2. The number of hydrogen-bond donors (Lipinski definition) is 2. The molecule has 0 bridgehead atoms. The summed E-state index contributed by atoms with van der Waals surface area (Å²) in [6.45, 7) is 2.33. The molecular weight excluding hydrogens is 456 g/mol. The van der Waals surface area contributed by atoms with Gasteiger partial charge in [-0.15, -0.1) is 0 Å². The lowest BCUT2D eigenvalue weighted by Gasteiger charge is -2.12. The molecular formula is C21H19ClN4O5S. The zero-order valence-corrected chi connectivity index (χ0v) is 18.4. The summed E-state index contributed by atoms with van der Waals surface area (Å²) in [5, 5.41) is 15.7. The van der Waals surface area contributed by atoms with Crippen LogP contribution in [0.15, 0.2) is 76.7 Å². The van der Waals surface area contributed by atoms with Crippen LogP contribution in [-0.2, 0) is 10.0 Å². The highest BCUT2D eigenvalue weighted by molar-refractivity contribution is 7.92. The van der Waals surface area contributed by atoms with E-state index in [2.05, 4.69) is 15.2 Å². The Balaban J connectivity index is 1.93. The van der Waals surface area contributed by atoms with Gasteiger partial charge in [0.15, 0.2) is 0 Å². The molecule has 0 fully saturated rings. The van der Waals surface area contributed by atoms with Gasteiger partial charge in [-0.25, -0.2) is 8.42 Å². The van der Waals surface area contributed by atoms with E-state index in [-0.39, 0.29) is 22.0 Å². The van der Waals surface area contributed by atoms with Crippen molar-refractivity contribution in [3.05, 3.63) is 87.4 Å². The first kappa shape index (κ1) is 23.0. The Hall–Kier alpha value is -3.63. The fourth-order valence-electron chi connectivity index (χ4n) is 2.71. The van der Waals surface area contributed by atoms with Gasteiger partial charge in [0.1, 0.15) is 10.6 Å². The van der Waals surface area contributed by atoms with Crippen LogP contribution in [0.25, 0.3) is 0 Å². The average molecular weight is 475 g/mol. The Morgan fingerprint density at radius 2 is 1.84 bits per heavy atom. The second-order valence-corrected chi connectivity index (χ2v) is 8.48. The van der Waals surface area contributed by atoms with E-state index in [4.69, 9.17) is 16.3 Å². The molecule has 0 heterocycles. The van der Waals surface area contributed by atoms with Crippen molar-refractivity contribution in [1.29, 1.82) is 0 Å². The molecule has 0 saturated heterocycles. The summed E-state index contributed by atoms with van der Waals surface area (Å²) < 4.78 is 33.9. The van der Waals surface area contributed by atoms with Crippen LogP contribution in [0.3, 0.4) is 0 Å². The van der Waals surface area contributed by atoms with Crippen LogP contribution in [0.4, 0.5) is 17.1 Å². The first-order chi connectivity index (χ1) is 15.3. The molecule has 2 N–H and O–H groups in total. The van der Waals surface area contributed by atoms with Crippen molar-refractivity contribution in [1.82, 2.24) is 0 Å². The lowest BCUT2D eigenvalue weighted by molar-refractivity contribution is -0.385. The molecule has 3 aromatic rings. The van der Waals surface area contributed by atoms with Crippen LogP contribution < -0.4 is 14.9 Å². The average Bonchev–Trinajstić information content (AvgIpc) is 2.76. The third-order valence-electron chi connectivity index (χ3n) is 4.17. The molecule has 32 heavy (non-hydrogen) atoms. The van der Waals surface area contributed by atoms with E-state index in [9.17, 15) is 18.5 Å². The van der Waals surface area contributed by atoms with Crippen LogP contribution in [0.1, 0.15) is 12.5 Å². The lowest BCUT2D eigenvalue weighted by atomic mass is 10.2. The zero-order chi connectivity index (χ0) is 23.1. The minimum Gasteiger partial charge on any atom is -0.493 e. The number of nitro groups is 1. The van der Waals surface area contributed by atoms with Gasteiger partial charge in [0.25, 0.3) is 15.7 Å². The van der Waals surface area contributed by atoms with Gasteiger partial charge in [-0.2, -0.15) is 5.10 Å². The van der Waals surface area contributed by atoms with Crippen LogP contribution >= 0.6 is 11.6 Å². The number of para-hydroxylation sites is 1. The largest absolute Gasteiger partial charge is 0.493 e. The van der Waals surface area contributed by atoms with Gasteiger partial charge in [-0.05, 0) is 49.4 Å². The minimum atomic E-state index is -4.18. The number of ether oxygens (including phenoxy) is 1. The van der Waals surface area contributed by atoms with E-state index in [0.29, 0.717) is 22.9 Å². The molecule has 3 rings (SSSR count). The maximum atomic E-state index is 13.0. The van der Waals surface area contributed by atoms with Gasteiger partial charge in [0.2, 0.25) is 0 Å². The summed E-state index contributed by atoms with van der Waals surface area (Å²) in [7, 11) is -4.18. The minimum absolute atomic E-state index is 0.0576. The molecule has 9 nitrogen and oxygen atoms in total. The Morgan fingerprint density at radius 3 is 2.53 bits per heavy atom. The molecule has 11 heteroatoms. The second kappa shape index (κ2) is 10.1. The van der Waals surface area contributed by atoms with Crippen LogP contribution in [-0.4, -0.2) is 26.2 Å². The smallest absolute Gasteiger partial charge is 0.270 e. The summed E-state index contributed by atoms with van der Waals surface area (Å²) in [6, 6.07) is 16.6. The highest BCUT2D eigenvalue weighted by atomic mass is 35.5. The monoisotopic (exact) mass is 474 g/mol. The summed E-state index contributed by atoms with van der Waals surface area (Å²) >= 11 is 5.83. The van der Waals surface area contributed by atoms with Gasteiger partial charge in [0.05, 0.1) is 23.4 Å². The number of nitro benzene ring substituents is 1. The summed E-state index contributed by atoms with van der Waals surface area (Å²) in [5.74, 6) is 0.612. The molecule has 0 spiro atoms. The fourth-order valence-corrected chi connectivity index (χ4v) is 4.07. The lowest BCUT2D eigenvalue weighted by Crippen LogP contribution is -2.15. The van der Waals surface area contributed by atoms with Crippen molar-refractivity contribution in [2.45, 2.75) is 11.8 Å². The number of rotatable bonds is 9. The van der Waals surface area contributed by atoms with Gasteiger partial charge in [-0.1, -0.05) is 23.7 Å². The van der Waals surface area contributed by atoms with Crippen molar-refractivity contribution in [2.75, 3.05) is 16.8 Å². The zero-order valence-electron chi connectivity index (χ0n) is 16.9. The van der Waals surface area contributed by atoms with E-state index in [1.54, 1.807) is 12.1 Å². The Kier molecular flexibility index (Phi) is 7.29. The van der Waals surface area contributed by atoms with Crippen LogP contribution in [0, 0.1) is 10.1 Å². The Bertz CT molecular complexity index is 1250. The van der Waals surface area contributed by atoms with Gasteiger partial charge in [0, 0.05) is 28.4 Å². The summed E-state index contributed by atoms with van der Waals surface area (Å²) in [4.78, 5) is 10.2. The maximum absolute atomic E-state index is 13.0. The molecule has 166 valence electrons. The molecule has 0 aliphatic heterocycles. The molecule has 0 atom stereocenters. The van der Waals surface area contributed by atoms with Crippen molar-refractivity contribution in [3.8, 4) is 5.75 Å². The molecule has 0 radical (unpaired) electrons. The number of nitrogens with one attached hydrogen (secondary N) is 2. The maximum Gasteiger partial charge on any atom is 0.270 e. The molecule has 0 aliphatic carbocycles. The molecule has 0 aliphatic rings. The third-order valence-corrected chi connectivity index (χ3v) is 5.84. The summed E-state index contributed by atoms with van der Waals surface area (Å²) in [6.07, 6.45) is 1.47. The molecule has 0 aromatic heterocycles. The van der Waals surface area contributed by atoms with E-state index < -0.39 is 14.9 Å². The molecule has 0 saturated carbocycles. The number of non-ortho nitro benzene ring substituents is 1. The number of nitrogens with zero attached hydrogens (tertiary/aromatic N) is 2. The SMILES string of the molecule is CCOc1ccccc1/C=N/Nc1ccc([N+](=O)[O-])cc1S(=O)(=O)Nc1ccc(Cl)cc1. The second-order valence-electron chi connectivity index (χ2n) is 6.39. The first-order valence-electron chi connectivity index (χ1n) is 9.38. The van der Waals surface area contributed by atoms with Crippen LogP contribution in [0.5, 0.6) is 5.75 Å². The van der Waals surface area contributed by atoms with Crippen molar-refractivity contribution in [2.24, 2.45) is 5.10 Å². The topological polar surface area (TPSA) is 123 Å². The predicted molar refractivity (Wildman–Crippen MR) is 124 cm³/mol. The van der Waals surface area contributed by atoms with E-state index in [1.807, 2.05) is 19.1 Å². The summed E-state index contributed by atoms with van der Waals surface area (Å²) in [5.41, 5.74) is 3.25. The Morgan fingerprint density at radius 1 is 1.12 bits per heavy atom. The number of benzene rings is 3. The predicted octanol–water partition coefficient (Wildman–Crippen LogP) is 4.89. The number of anilines is 2. The third kappa shape index (κ3) is 5.74. The highest BCUT2D eigenvalue weighted by Crippen LogP contribution is 2.29. The van der Waals surface area contributed by atoms with Gasteiger partial charge < -0.3 is 4.74 Å². The Labute approximate surface area is 189 Å². The normalized spacial score (nSPS) is 11.3. The van der Waals surface area contributed by atoms with Crippen molar-refractivity contribution < 1.29 is 18.1 Å². The quantitative estimate of drug-likeness (QED) is 0.258. The van der Waals surface area contributed by atoms with Gasteiger partial charge >= 0.3 is 0 Å². The molecule has 0 amide bonds. The van der Waals surface area contributed by atoms with Crippen molar-refractivity contribution >= 4 is 44.9 Å². The fraction of sp³-hybridized carbons (Fsp3) is 0.0952. The number of hydrazone groups is 1. The van der Waals surface area contributed by atoms with E-state index >= 15 is 0 Å². The number of sulfonamides is 1. The molecule has 0 unspecified atom stereocenters. The van der Waals surface area contributed by atoms with E-state index in [0.717, 1.165) is 6.07 Å². The highest BCUT2D eigenvalue weighted by Gasteiger charge is 2.22. The van der Waals surface area contributed by atoms with Gasteiger partial charge in [-0.3, -0.25) is 20.3 Å². The van der Waals surface area contributed by atoms with Crippen LogP contribution in [0.2, 0.25) is 5.02 Å².